The standard InChI is InChI=1S/C11H18N2O2/c1-11(2,3)13-6-4-5-8(13)7-9(12)10(14)15/h4-6,9H,7,12H2,1-3H3,(H,14,15). The maximum atomic E-state index is 10.7. The van der Waals surface area contributed by atoms with E-state index in [0.29, 0.717) is 6.42 Å². The van der Waals surface area contributed by atoms with Crippen LogP contribution < -0.4 is 5.73 Å². The molecule has 84 valence electrons. The molecule has 15 heavy (non-hydrogen) atoms. The molecule has 1 aromatic rings. The Morgan fingerprint density at radius 2 is 2.20 bits per heavy atom. The van der Waals surface area contributed by atoms with Crippen molar-refractivity contribution in [1.29, 1.82) is 0 Å². The minimum atomic E-state index is -0.961. The summed E-state index contributed by atoms with van der Waals surface area (Å²) in [5.41, 5.74) is 6.42. The molecule has 0 saturated carbocycles. The Morgan fingerprint density at radius 3 is 2.67 bits per heavy atom. The van der Waals surface area contributed by atoms with E-state index >= 15 is 0 Å². The van der Waals surface area contributed by atoms with Crippen molar-refractivity contribution in [3.63, 3.8) is 0 Å². The smallest absolute Gasteiger partial charge is 0.320 e. The van der Waals surface area contributed by atoms with Gasteiger partial charge in [0.1, 0.15) is 6.04 Å². The summed E-state index contributed by atoms with van der Waals surface area (Å²) in [7, 11) is 0. The van der Waals surface area contributed by atoms with Crippen LogP contribution in [-0.4, -0.2) is 21.7 Å². The van der Waals surface area contributed by atoms with Crippen LogP contribution in [-0.2, 0) is 16.8 Å². The molecule has 0 aliphatic heterocycles. The summed E-state index contributed by atoms with van der Waals surface area (Å²) in [6.45, 7) is 6.22. The second-order valence-corrected chi connectivity index (χ2v) is 4.69. The molecule has 3 N–H and O–H groups in total. The predicted molar refractivity (Wildman–Crippen MR) is 58.7 cm³/mol. The molecule has 1 atom stereocenters. The van der Waals surface area contributed by atoms with Crippen LogP contribution in [0.4, 0.5) is 0 Å². The topological polar surface area (TPSA) is 68.2 Å². The van der Waals surface area contributed by atoms with Gasteiger partial charge < -0.3 is 15.4 Å². The molecule has 1 rings (SSSR count). The van der Waals surface area contributed by atoms with E-state index in [2.05, 4.69) is 25.3 Å². The number of hydrogen-bond donors (Lipinski definition) is 2. The average molecular weight is 210 g/mol. The number of nitrogens with two attached hydrogens (primary N) is 1. The number of carbonyl (C=O) groups is 1. The molecule has 1 heterocycles. The van der Waals surface area contributed by atoms with E-state index in [1.54, 1.807) is 0 Å². The first kappa shape index (κ1) is 11.8. The van der Waals surface area contributed by atoms with Crippen molar-refractivity contribution in [2.24, 2.45) is 5.73 Å². The summed E-state index contributed by atoms with van der Waals surface area (Å²) in [4.78, 5) is 10.7. The van der Waals surface area contributed by atoms with Gasteiger partial charge >= 0.3 is 5.97 Å². The third-order valence-corrected chi connectivity index (χ3v) is 2.30. The quantitative estimate of drug-likeness (QED) is 0.787. The monoisotopic (exact) mass is 210 g/mol. The van der Waals surface area contributed by atoms with Crippen molar-refractivity contribution >= 4 is 5.97 Å². The van der Waals surface area contributed by atoms with Crippen LogP contribution in [0.25, 0.3) is 0 Å². The van der Waals surface area contributed by atoms with Crippen LogP contribution in [0.2, 0.25) is 0 Å². The molecular weight excluding hydrogens is 192 g/mol. The zero-order chi connectivity index (χ0) is 11.6. The summed E-state index contributed by atoms with van der Waals surface area (Å²) in [6, 6.07) is 2.99. The fraction of sp³-hybridized carbons (Fsp3) is 0.545. The number of aromatic nitrogens is 1. The van der Waals surface area contributed by atoms with Crippen molar-refractivity contribution in [1.82, 2.24) is 4.57 Å². The first-order valence-corrected chi connectivity index (χ1v) is 4.97. The van der Waals surface area contributed by atoms with Crippen molar-refractivity contribution < 1.29 is 9.90 Å². The van der Waals surface area contributed by atoms with Crippen molar-refractivity contribution in [3.05, 3.63) is 24.0 Å². The van der Waals surface area contributed by atoms with Gasteiger partial charge in [-0.2, -0.15) is 0 Å². The minimum absolute atomic E-state index is 0.0446. The third-order valence-electron chi connectivity index (χ3n) is 2.30. The van der Waals surface area contributed by atoms with Gasteiger partial charge in [0, 0.05) is 23.9 Å². The highest BCUT2D eigenvalue weighted by Crippen LogP contribution is 2.18. The van der Waals surface area contributed by atoms with Gasteiger partial charge in [0.05, 0.1) is 0 Å². The summed E-state index contributed by atoms with van der Waals surface area (Å²) in [5.74, 6) is -0.961. The molecule has 0 saturated heterocycles. The van der Waals surface area contributed by atoms with Crippen LogP contribution in [0.5, 0.6) is 0 Å². The highest BCUT2D eigenvalue weighted by Gasteiger charge is 2.19. The van der Waals surface area contributed by atoms with E-state index in [1.165, 1.54) is 0 Å². The third kappa shape index (κ3) is 2.83. The molecule has 0 aromatic carbocycles. The summed E-state index contributed by atoms with van der Waals surface area (Å²) >= 11 is 0. The lowest BCUT2D eigenvalue weighted by Crippen LogP contribution is -2.34. The Hall–Kier alpha value is -1.29. The predicted octanol–water partition coefficient (Wildman–Crippen LogP) is 1.20. The number of carboxylic acids is 1. The molecule has 4 heteroatoms. The summed E-state index contributed by atoms with van der Waals surface area (Å²) in [5, 5.41) is 8.74. The Kier molecular flexibility index (Phi) is 3.19. The van der Waals surface area contributed by atoms with Gasteiger partial charge in [0.25, 0.3) is 0 Å². The largest absolute Gasteiger partial charge is 0.480 e. The maximum Gasteiger partial charge on any atom is 0.320 e. The number of nitrogens with zero attached hydrogens (tertiary/aromatic N) is 1. The first-order valence-electron chi connectivity index (χ1n) is 4.97. The van der Waals surface area contributed by atoms with Crippen LogP contribution >= 0.6 is 0 Å². The average Bonchev–Trinajstić information content (AvgIpc) is 2.50. The Labute approximate surface area is 89.7 Å². The Morgan fingerprint density at radius 1 is 1.60 bits per heavy atom. The number of carboxylic acid groups (broad SMARTS) is 1. The SMILES string of the molecule is CC(C)(C)n1cccc1CC(N)C(=O)O. The van der Waals surface area contributed by atoms with E-state index in [-0.39, 0.29) is 5.54 Å². The van der Waals surface area contributed by atoms with Crippen molar-refractivity contribution in [2.45, 2.75) is 38.8 Å². The lowest BCUT2D eigenvalue weighted by Gasteiger charge is -2.25. The van der Waals surface area contributed by atoms with Gasteiger partial charge in [-0.15, -0.1) is 0 Å². The second-order valence-electron chi connectivity index (χ2n) is 4.69. The zero-order valence-corrected chi connectivity index (χ0v) is 9.40. The van der Waals surface area contributed by atoms with E-state index in [1.807, 2.05) is 18.3 Å². The van der Waals surface area contributed by atoms with Crippen molar-refractivity contribution in [2.75, 3.05) is 0 Å². The normalized spacial score (nSPS) is 13.9. The van der Waals surface area contributed by atoms with Crippen LogP contribution in [0.3, 0.4) is 0 Å². The molecule has 0 spiro atoms. The van der Waals surface area contributed by atoms with E-state index in [4.69, 9.17) is 10.8 Å². The van der Waals surface area contributed by atoms with Crippen LogP contribution in [0.1, 0.15) is 26.5 Å². The molecule has 0 radical (unpaired) electrons. The minimum Gasteiger partial charge on any atom is -0.480 e. The van der Waals surface area contributed by atoms with Gasteiger partial charge in [-0.1, -0.05) is 0 Å². The zero-order valence-electron chi connectivity index (χ0n) is 9.40. The van der Waals surface area contributed by atoms with Gasteiger partial charge in [-0.05, 0) is 32.9 Å². The number of aliphatic carboxylic acids is 1. The molecule has 0 bridgehead atoms. The lowest BCUT2D eigenvalue weighted by atomic mass is 10.1. The fourth-order valence-corrected chi connectivity index (χ4v) is 1.55. The Balaban J connectivity index is 2.87. The van der Waals surface area contributed by atoms with E-state index in [9.17, 15) is 4.79 Å². The molecule has 0 fully saturated rings. The molecular formula is C11H18N2O2. The van der Waals surface area contributed by atoms with E-state index in [0.717, 1.165) is 5.69 Å². The van der Waals surface area contributed by atoms with Gasteiger partial charge in [-0.25, -0.2) is 0 Å². The van der Waals surface area contributed by atoms with Gasteiger partial charge in [0.2, 0.25) is 0 Å². The number of hydrogen-bond acceptors (Lipinski definition) is 2. The molecule has 4 nitrogen and oxygen atoms in total. The lowest BCUT2D eigenvalue weighted by molar-refractivity contribution is -0.138. The highest BCUT2D eigenvalue weighted by atomic mass is 16.4. The van der Waals surface area contributed by atoms with Crippen molar-refractivity contribution in [3.8, 4) is 0 Å². The first-order chi connectivity index (χ1) is 6.82. The summed E-state index contributed by atoms with van der Waals surface area (Å²) < 4.78 is 2.05. The summed E-state index contributed by atoms with van der Waals surface area (Å²) in [6.07, 6.45) is 2.31. The van der Waals surface area contributed by atoms with Crippen LogP contribution in [0, 0.1) is 0 Å². The Bertz CT molecular complexity index is 350. The molecule has 0 aliphatic carbocycles. The molecule has 1 unspecified atom stereocenters. The van der Waals surface area contributed by atoms with Crippen LogP contribution in [0.15, 0.2) is 18.3 Å². The molecule has 0 amide bonds. The van der Waals surface area contributed by atoms with Gasteiger partial charge in [0.15, 0.2) is 0 Å². The van der Waals surface area contributed by atoms with Gasteiger partial charge in [-0.3, -0.25) is 4.79 Å². The fourth-order valence-electron chi connectivity index (χ4n) is 1.55. The molecule has 0 aliphatic rings. The second kappa shape index (κ2) is 4.06. The number of rotatable bonds is 3. The van der Waals surface area contributed by atoms with E-state index < -0.39 is 12.0 Å². The maximum absolute atomic E-state index is 10.7. The highest BCUT2D eigenvalue weighted by molar-refractivity contribution is 5.73. The molecule has 1 aromatic heterocycles.